The van der Waals surface area contributed by atoms with Crippen molar-refractivity contribution in [2.45, 2.75) is 273 Å². The molecule has 6 fully saturated rings. The number of rotatable bonds is 17. The molecule has 2 amide bonds. The summed E-state index contributed by atoms with van der Waals surface area (Å²) in [6, 6.07) is 12.2. The first-order chi connectivity index (χ1) is 65.7. The first kappa shape index (κ1) is 109. The van der Waals surface area contributed by atoms with E-state index in [9.17, 15) is 29.1 Å². The smallest absolute Gasteiger partial charge is 0.870 e. The fourth-order valence-corrected chi connectivity index (χ4v) is 22.0. The van der Waals surface area contributed by atoms with Crippen LogP contribution in [0.3, 0.4) is 0 Å². The van der Waals surface area contributed by atoms with E-state index in [1.807, 2.05) is 135 Å². The van der Waals surface area contributed by atoms with E-state index in [1.165, 1.54) is 136 Å². The number of methoxy groups -OCH3 is 2. The van der Waals surface area contributed by atoms with E-state index in [0.717, 1.165) is 108 Å². The van der Waals surface area contributed by atoms with Gasteiger partial charge < -0.3 is 77.3 Å². The summed E-state index contributed by atoms with van der Waals surface area (Å²) in [5.41, 5.74) is 12.6. The zero-order valence-electron chi connectivity index (χ0n) is 85.9. The number of carbonyl (C=O) groups is 5. The molecule has 0 radical (unpaired) electrons. The molecule has 9 aromatic rings. The Morgan fingerprint density at radius 1 is 0.450 bits per heavy atom. The van der Waals surface area contributed by atoms with Crippen LogP contribution in [0.1, 0.15) is 265 Å². The maximum absolute atomic E-state index is 15.8. The molecule has 0 unspecified atom stereocenters. The summed E-state index contributed by atoms with van der Waals surface area (Å²) in [5, 5.41) is 15.9. The molecule has 3 N–H and O–H groups in total. The number of fused-ring (bicyclic) bond motifs is 6. The van der Waals surface area contributed by atoms with Gasteiger partial charge in [0.05, 0.1) is 50.8 Å². The van der Waals surface area contributed by atoms with Crippen LogP contribution in [-0.2, 0) is 88.1 Å². The number of ether oxygens (including phenoxy) is 8. The SMILES string of the molecule is C1CCC(N2CCNCC2)C1.COC(=O)[C@@H](OC(C)(C)C)c1c(C)nc2c(cc(C(=O)N3CCN(C4CCCC4)CC3)n2C)c1-c1cc(F)c2c(c1C)CCCO2.COC(=O)[C@@H](OC(C)(C)C)c1c(C)nc2c(ccn2C)c1-c1cc(F)c2c(c1C)CCCO2.Cc1nc2c(cc(C(=O)N3CCN(C4CCCC4)CC3)n2C)c(-c2cc(F)c3c(c2C)CCCO3)c1[C@H](OC(C)(C)C)C(=O)O.O=C=O.[Li+].[OH-]. The maximum Gasteiger partial charge on any atom is 1.00 e. The molecular formula is C107H142F3LiN12O17. The summed E-state index contributed by atoms with van der Waals surface area (Å²) in [5.74, 6) is -2.89. The van der Waals surface area contributed by atoms with Crippen molar-refractivity contribution in [2.24, 2.45) is 21.1 Å². The molecule has 3 aromatic carbocycles. The van der Waals surface area contributed by atoms with Gasteiger partial charge in [0.2, 0.25) is 0 Å². The number of hydrogen-bond donors (Lipinski definition) is 2. The number of amides is 2. The van der Waals surface area contributed by atoms with Crippen molar-refractivity contribution < 1.29 is 114 Å². The van der Waals surface area contributed by atoms with Crippen LogP contribution in [0.2, 0.25) is 0 Å². The second kappa shape index (κ2) is 46.1. The molecule has 754 valence electrons. The van der Waals surface area contributed by atoms with Gasteiger partial charge in [0.15, 0.2) is 53.0 Å². The van der Waals surface area contributed by atoms with E-state index in [4.69, 9.17) is 62.4 Å². The third-order valence-electron chi connectivity index (χ3n) is 28.7. The average Bonchev–Trinajstić information content (AvgIpc) is 1.54. The monoisotopic (exact) mass is 1930 g/mol. The molecular weight excluding hydrogens is 1790 g/mol. The summed E-state index contributed by atoms with van der Waals surface area (Å²) in [4.78, 5) is 110. The van der Waals surface area contributed by atoms with Crippen LogP contribution < -0.4 is 38.4 Å². The zero-order valence-corrected chi connectivity index (χ0v) is 85.9. The van der Waals surface area contributed by atoms with Gasteiger partial charge in [-0.3, -0.25) is 24.3 Å². The molecule has 3 saturated carbocycles. The first-order valence-corrected chi connectivity index (χ1v) is 49.4. The van der Waals surface area contributed by atoms with Gasteiger partial charge in [0.1, 0.15) is 28.3 Å². The van der Waals surface area contributed by atoms with Crippen molar-refractivity contribution in [1.82, 2.24) is 58.5 Å². The maximum atomic E-state index is 15.8. The van der Waals surface area contributed by atoms with Gasteiger partial charge in [0, 0.05) is 207 Å². The average molecular weight is 1930 g/mol. The van der Waals surface area contributed by atoms with Crippen LogP contribution in [0.5, 0.6) is 17.2 Å². The Kier molecular flexibility index (Phi) is 35.8. The number of benzene rings is 3. The number of carboxylic acid groups (broad SMARTS) is 1. The zero-order chi connectivity index (χ0) is 99.4. The molecule has 9 aliphatic rings. The molecule has 0 spiro atoms. The van der Waals surface area contributed by atoms with Gasteiger partial charge in [0.25, 0.3) is 11.8 Å². The number of hydrogen-bond acceptors (Lipinski definition) is 23. The molecule has 18 rings (SSSR count). The number of aliphatic carboxylic acids is 1. The van der Waals surface area contributed by atoms with Crippen molar-refractivity contribution in [3.8, 4) is 50.6 Å². The van der Waals surface area contributed by atoms with E-state index in [-0.39, 0.29) is 53.8 Å². The Morgan fingerprint density at radius 3 is 1.06 bits per heavy atom. The number of esters is 2. The van der Waals surface area contributed by atoms with Crippen molar-refractivity contribution in [3.05, 3.63) is 139 Å². The van der Waals surface area contributed by atoms with Gasteiger partial charge in [-0.1, -0.05) is 38.5 Å². The molecule has 6 aliphatic heterocycles. The molecule has 12 heterocycles. The molecule has 29 nitrogen and oxygen atoms in total. The molecule has 33 heteroatoms. The minimum absolute atomic E-state index is 0. The third kappa shape index (κ3) is 23.5. The van der Waals surface area contributed by atoms with E-state index < -0.39 is 70.5 Å². The summed E-state index contributed by atoms with van der Waals surface area (Å²) < 4.78 is 98.5. The Hall–Kier alpha value is -10.1. The normalized spacial score (nSPS) is 17.9. The van der Waals surface area contributed by atoms with E-state index in [1.54, 1.807) is 38.3 Å². The van der Waals surface area contributed by atoms with E-state index in [0.29, 0.717) is 172 Å². The predicted molar refractivity (Wildman–Crippen MR) is 524 cm³/mol. The number of nitrogens with one attached hydrogen (secondary N) is 1. The predicted octanol–water partition coefficient (Wildman–Crippen LogP) is 14.4. The molecule has 6 aromatic heterocycles. The number of piperazine rings is 3. The van der Waals surface area contributed by atoms with Crippen molar-refractivity contribution in [1.29, 1.82) is 0 Å². The Morgan fingerprint density at radius 2 is 0.750 bits per heavy atom. The van der Waals surface area contributed by atoms with Crippen LogP contribution >= 0.6 is 0 Å². The third-order valence-corrected chi connectivity index (χ3v) is 28.7. The van der Waals surface area contributed by atoms with Crippen molar-refractivity contribution >= 4 is 69.0 Å². The standard InChI is InChI=1S/C36H47FN4O5.C35H45FN4O5.C26H31FN2O4.C9H18N2.CO2.Li.H2O/c1-21-24-13-10-18-45-31(24)27(37)19-25(21)30-26-20-28(34(42)41-16-14-40(15-17-41)23-11-8-9-12-23)39(6)33(26)38-22(2)29(30)32(35(43)44-7)46-36(3,4)5;1-20-23-12-9-17-44-30(23)26(36)18-24(20)29-25-19-27(33(41)40-15-13-39(14-16-40)22-10-7-8-11-22)38(6)32(25)37-21(2)28(29)31(34(42)43)45-35(3,4)5;1-14-16-9-8-12-32-22(16)19(27)13-18(14)21-17-10-11-29(6)24(17)28-15(2)20(21)23(25(30)31-7)33-26(3,4)5;1-2-4-9(3-1)11-7-5-10-6-8-11;2-1-3;;/h19-20,23,32H,8-18H2,1-7H3;18-19,22,31H,7-17H2,1-6H3,(H,42,43);10-11,13,23H,8-9,12H2,1-7H3;9-10H,1-8H2;;;1H2/q;;;;;+1;/p-1/t32-;31-;23-;;;;/m000..../s1. The van der Waals surface area contributed by atoms with Crippen LogP contribution in [0.15, 0.2) is 42.6 Å². The molecule has 140 heavy (non-hydrogen) atoms. The largest absolute Gasteiger partial charge is 1.00 e. The van der Waals surface area contributed by atoms with E-state index >= 15 is 13.2 Å². The number of nitrogens with zero attached hydrogens (tertiary/aromatic N) is 11. The van der Waals surface area contributed by atoms with Gasteiger partial charge in [-0.15, -0.1) is 0 Å². The number of halogens is 3. The minimum Gasteiger partial charge on any atom is -0.870 e. The fraction of sp³-hybridized carbons (Fsp3) is 0.579. The van der Waals surface area contributed by atoms with Crippen molar-refractivity contribution in [2.75, 3.05) is 113 Å². The number of carbonyl (C=O) groups excluding carboxylic acids is 6. The van der Waals surface area contributed by atoms with Crippen LogP contribution in [0.25, 0.3) is 66.5 Å². The second-order valence-corrected chi connectivity index (χ2v) is 41.2. The van der Waals surface area contributed by atoms with Crippen LogP contribution in [0.4, 0.5) is 13.2 Å². The first-order valence-electron chi connectivity index (χ1n) is 49.4. The second-order valence-electron chi connectivity index (χ2n) is 41.2. The summed E-state index contributed by atoms with van der Waals surface area (Å²) in [7, 11) is 8.24. The summed E-state index contributed by atoms with van der Waals surface area (Å²) in [6.07, 6.45) is 19.0. The van der Waals surface area contributed by atoms with Crippen molar-refractivity contribution in [3.63, 3.8) is 0 Å². The quantitative estimate of drug-likeness (QED) is 0.0632. The minimum atomic E-state index is -1.37. The van der Waals surface area contributed by atoms with Gasteiger partial charge >= 0.3 is 42.9 Å². The molecule has 3 aliphatic carbocycles. The molecule has 0 bridgehead atoms. The molecule has 3 saturated heterocycles. The summed E-state index contributed by atoms with van der Waals surface area (Å²) in [6.45, 7) is 40.4. The van der Waals surface area contributed by atoms with Crippen LogP contribution in [-0.4, -0.2) is 247 Å². The molecule has 3 atom stereocenters. The number of aromatic nitrogens is 6. The number of carboxylic acids is 1. The Balaban J connectivity index is 0.000000176. The van der Waals surface area contributed by atoms with Gasteiger partial charge in [-0.05, 0) is 251 Å². The van der Waals surface area contributed by atoms with Gasteiger partial charge in [-0.25, -0.2) is 42.5 Å². The van der Waals surface area contributed by atoms with E-state index in [2.05, 4.69) is 20.0 Å². The summed E-state index contributed by atoms with van der Waals surface area (Å²) >= 11 is 0. The fourth-order valence-electron chi connectivity index (χ4n) is 22.0. The number of aryl methyl sites for hydroxylation is 6. The van der Waals surface area contributed by atoms with Crippen LogP contribution in [0, 0.1) is 59.0 Å². The number of pyridine rings is 3. The Labute approximate surface area is 832 Å². The Bertz CT molecular complexity index is 6040. The topological polar surface area (TPSA) is 325 Å². The van der Waals surface area contributed by atoms with Gasteiger partial charge in [-0.2, -0.15) is 9.59 Å².